The van der Waals surface area contributed by atoms with Crippen LogP contribution in [0.3, 0.4) is 0 Å². The molecular weight excluding hydrogens is 250 g/mol. The zero-order chi connectivity index (χ0) is 13.7. The zero-order valence-corrected chi connectivity index (χ0v) is 10.9. The third-order valence-electron chi connectivity index (χ3n) is 3.53. The number of hydrogen-bond donors (Lipinski definition) is 2. The van der Waals surface area contributed by atoms with Gasteiger partial charge in [-0.25, -0.2) is 8.78 Å². The topological polar surface area (TPSA) is 47.3 Å². The highest BCUT2D eigenvalue weighted by Crippen LogP contribution is 2.23. The Kier molecular flexibility index (Phi) is 5.24. The predicted octanol–water partition coefficient (Wildman–Crippen LogP) is 2.82. The number of nitrogens with one attached hydrogen (secondary N) is 1. The minimum Gasteiger partial charge on any atom is -0.378 e. The van der Waals surface area contributed by atoms with E-state index in [0.29, 0.717) is 11.7 Å². The van der Waals surface area contributed by atoms with Gasteiger partial charge in [-0.05, 0) is 49.8 Å². The fourth-order valence-electron chi connectivity index (χ4n) is 2.54. The van der Waals surface area contributed by atoms with Gasteiger partial charge in [0, 0.05) is 18.7 Å². The summed E-state index contributed by atoms with van der Waals surface area (Å²) in [5, 5.41) is 0. The average molecular weight is 270 g/mol. The lowest BCUT2D eigenvalue weighted by molar-refractivity contribution is 0.101. The molecule has 0 amide bonds. The zero-order valence-electron chi connectivity index (χ0n) is 10.9. The quantitative estimate of drug-likeness (QED) is 0.617. The van der Waals surface area contributed by atoms with E-state index in [9.17, 15) is 8.78 Å². The molecule has 106 valence electrons. The molecule has 3 N–H and O–H groups in total. The molecule has 0 bridgehead atoms. The first kappa shape index (κ1) is 14.4. The summed E-state index contributed by atoms with van der Waals surface area (Å²) >= 11 is 0. The van der Waals surface area contributed by atoms with Crippen molar-refractivity contribution >= 4 is 0 Å². The van der Waals surface area contributed by atoms with Crippen LogP contribution in [0, 0.1) is 11.6 Å². The number of benzene rings is 1. The summed E-state index contributed by atoms with van der Waals surface area (Å²) in [5.41, 5.74) is 3.17. The molecule has 5 heteroatoms. The summed E-state index contributed by atoms with van der Waals surface area (Å²) in [6.45, 7) is 0.846. The van der Waals surface area contributed by atoms with Crippen molar-refractivity contribution in [2.45, 2.75) is 44.2 Å². The van der Waals surface area contributed by atoms with Crippen LogP contribution < -0.4 is 11.3 Å². The second-order valence-electron chi connectivity index (χ2n) is 4.99. The van der Waals surface area contributed by atoms with Crippen molar-refractivity contribution < 1.29 is 13.5 Å². The van der Waals surface area contributed by atoms with Gasteiger partial charge in [0.05, 0.1) is 6.10 Å². The first-order chi connectivity index (χ1) is 9.19. The van der Waals surface area contributed by atoms with E-state index in [1.165, 1.54) is 12.1 Å². The maximum Gasteiger partial charge on any atom is 0.126 e. The van der Waals surface area contributed by atoms with Gasteiger partial charge >= 0.3 is 0 Å². The highest BCUT2D eigenvalue weighted by atomic mass is 19.1. The van der Waals surface area contributed by atoms with Crippen molar-refractivity contribution in [3.05, 3.63) is 35.4 Å². The smallest absolute Gasteiger partial charge is 0.126 e. The van der Waals surface area contributed by atoms with Crippen molar-refractivity contribution in [2.24, 2.45) is 5.84 Å². The van der Waals surface area contributed by atoms with Gasteiger partial charge in [-0.1, -0.05) is 0 Å². The summed E-state index contributed by atoms with van der Waals surface area (Å²) in [7, 11) is 0. The number of hydrogen-bond acceptors (Lipinski definition) is 3. The summed E-state index contributed by atoms with van der Waals surface area (Å²) in [6.07, 6.45) is 5.18. The summed E-state index contributed by atoms with van der Waals surface area (Å²) in [6, 6.07) is 3.27. The molecule has 0 aromatic heterocycles. The molecule has 1 fully saturated rings. The summed E-state index contributed by atoms with van der Waals surface area (Å²) < 4.78 is 31.9. The van der Waals surface area contributed by atoms with Crippen molar-refractivity contribution in [1.82, 2.24) is 5.43 Å². The molecule has 2 atom stereocenters. The average Bonchev–Trinajstić information content (AvgIpc) is 2.86. The molecule has 2 unspecified atom stereocenters. The van der Waals surface area contributed by atoms with E-state index in [1.807, 2.05) is 0 Å². The standard InChI is InChI=1S/C14H20F2N2O/c15-11-7-10(8-12(16)9-11)14(18-17)5-1-3-13-4-2-6-19-13/h7-9,13-14,18H,1-6,17H2. The van der Waals surface area contributed by atoms with Crippen LogP contribution in [-0.2, 0) is 4.74 Å². The van der Waals surface area contributed by atoms with E-state index >= 15 is 0 Å². The Morgan fingerprint density at radius 1 is 1.32 bits per heavy atom. The van der Waals surface area contributed by atoms with Crippen LogP contribution in [0.4, 0.5) is 8.78 Å². The highest BCUT2D eigenvalue weighted by molar-refractivity contribution is 5.21. The van der Waals surface area contributed by atoms with Crippen LogP contribution in [0.25, 0.3) is 0 Å². The molecule has 19 heavy (non-hydrogen) atoms. The number of ether oxygens (including phenoxy) is 1. The minimum absolute atomic E-state index is 0.230. The molecule has 0 spiro atoms. The van der Waals surface area contributed by atoms with E-state index in [4.69, 9.17) is 10.6 Å². The lowest BCUT2D eigenvalue weighted by Gasteiger charge is -2.17. The Bertz CT molecular complexity index is 388. The highest BCUT2D eigenvalue weighted by Gasteiger charge is 2.17. The van der Waals surface area contributed by atoms with Gasteiger partial charge in [0.2, 0.25) is 0 Å². The second-order valence-corrected chi connectivity index (χ2v) is 4.99. The molecule has 1 saturated heterocycles. The van der Waals surface area contributed by atoms with Crippen LogP contribution >= 0.6 is 0 Å². The molecule has 1 aliphatic rings. The van der Waals surface area contributed by atoms with Crippen LogP contribution in [0.15, 0.2) is 18.2 Å². The maximum absolute atomic E-state index is 13.2. The van der Waals surface area contributed by atoms with Crippen molar-refractivity contribution in [2.75, 3.05) is 6.61 Å². The number of rotatable bonds is 6. The first-order valence-electron chi connectivity index (χ1n) is 6.73. The van der Waals surface area contributed by atoms with Gasteiger partial charge in [-0.3, -0.25) is 11.3 Å². The molecule has 3 nitrogen and oxygen atoms in total. The monoisotopic (exact) mass is 270 g/mol. The summed E-state index contributed by atoms with van der Waals surface area (Å²) in [4.78, 5) is 0. The first-order valence-corrected chi connectivity index (χ1v) is 6.73. The van der Waals surface area contributed by atoms with Crippen LogP contribution in [-0.4, -0.2) is 12.7 Å². The van der Waals surface area contributed by atoms with Crippen molar-refractivity contribution in [1.29, 1.82) is 0 Å². The molecule has 2 rings (SSSR count). The summed E-state index contributed by atoms with van der Waals surface area (Å²) in [5.74, 6) is 4.32. The number of hydrazine groups is 1. The molecule has 0 saturated carbocycles. The van der Waals surface area contributed by atoms with E-state index in [0.717, 1.165) is 44.8 Å². The number of nitrogens with two attached hydrogens (primary N) is 1. The molecule has 0 radical (unpaired) electrons. The van der Waals surface area contributed by atoms with E-state index in [-0.39, 0.29) is 6.04 Å². The van der Waals surface area contributed by atoms with Crippen LogP contribution in [0.5, 0.6) is 0 Å². The van der Waals surface area contributed by atoms with E-state index in [2.05, 4.69) is 5.43 Å². The van der Waals surface area contributed by atoms with Gasteiger partial charge in [-0.15, -0.1) is 0 Å². The Morgan fingerprint density at radius 3 is 2.63 bits per heavy atom. The van der Waals surface area contributed by atoms with Crippen LogP contribution in [0.2, 0.25) is 0 Å². The second kappa shape index (κ2) is 6.93. The molecule has 1 heterocycles. The Hall–Kier alpha value is -1.04. The van der Waals surface area contributed by atoms with E-state index in [1.54, 1.807) is 0 Å². The van der Waals surface area contributed by atoms with Gasteiger partial charge in [0.15, 0.2) is 0 Å². The Balaban J connectivity index is 1.87. The minimum atomic E-state index is -0.575. The lowest BCUT2D eigenvalue weighted by atomic mass is 9.99. The fourth-order valence-corrected chi connectivity index (χ4v) is 2.54. The van der Waals surface area contributed by atoms with Crippen LogP contribution in [0.1, 0.15) is 43.7 Å². The molecule has 1 aromatic carbocycles. The Labute approximate surface area is 112 Å². The van der Waals surface area contributed by atoms with Crippen molar-refractivity contribution in [3.63, 3.8) is 0 Å². The largest absolute Gasteiger partial charge is 0.378 e. The molecule has 0 aliphatic carbocycles. The normalized spacial score (nSPS) is 20.7. The lowest BCUT2D eigenvalue weighted by Crippen LogP contribution is -2.28. The predicted molar refractivity (Wildman–Crippen MR) is 69.2 cm³/mol. The Morgan fingerprint density at radius 2 is 2.05 bits per heavy atom. The third-order valence-corrected chi connectivity index (χ3v) is 3.53. The SMILES string of the molecule is NNC(CCCC1CCCO1)c1cc(F)cc(F)c1. The third kappa shape index (κ3) is 4.23. The molecule has 1 aromatic rings. The van der Waals surface area contributed by atoms with Gasteiger partial charge in [0.25, 0.3) is 0 Å². The van der Waals surface area contributed by atoms with Gasteiger partial charge in [-0.2, -0.15) is 0 Å². The van der Waals surface area contributed by atoms with Gasteiger partial charge in [0.1, 0.15) is 11.6 Å². The van der Waals surface area contributed by atoms with Crippen molar-refractivity contribution in [3.8, 4) is 0 Å². The molecular formula is C14H20F2N2O. The number of halogens is 2. The molecule has 1 aliphatic heterocycles. The van der Waals surface area contributed by atoms with Gasteiger partial charge < -0.3 is 4.74 Å². The van der Waals surface area contributed by atoms with E-state index < -0.39 is 11.6 Å². The maximum atomic E-state index is 13.2. The fraction of sp³-hybridized carbons (Fsp3) is 0.571.